The van der Waals surface area contributed by atoms with Crippen LogP contribution in [0.2, 0.25) is 0 Å². The van der Waals surface area contributed by atoms with Gasteiger partial charge in [-0.05, 0) is 44.9 Å². The second-order valence-corrected chi connectivity index (χ2v) is 6.99. The quantitative estimate of drug-likeness (QED) is 0.149. The molecule has 1 atom stereocenters. The molecule has 28 heavy (non-hydrogen) atoms. The van der Waals surface area contributed by atoms with E-state index in [-0.39, 0.29) is 6.42 Å². The van der Waals surface area contributed by atoms with Gasteiger partial charge in [0.05, 0.1) is 0 Å². The third-order valence-electron chi connectivity index (χ3n) is 4.18. The Bertz CT molecular complexity index is 398. The van der Waals surface area contributed by atoms with Crippen LogP contribution >= 0.6 is 0 Å². The van der Waals surface area contributed by atoms with Gasteiger partial charge in [0.25, 0.3) is 0 Å². The lowest BCUT2D eigenvalue weighted by atomic mass is 10.1. The molecule has 6 heteroatoms. The van der Waals surface area contributed by atoms with Crippen LogP contribution < -0.4 is 0 Å². The summed E-state index contributed by atoms with van der Waals surface area (Å²) in [5.41, 5.74) is 0. The Hall–Kier alpha value is -1.21. The predicted octanol–water partition coefficient (Wildman–Crippen LogP) is 4.27. The van der Waals surface area contributed by atoms with Gasteiger partial charge in [0.2, 0.25) is 0 Å². The van der Waals surface area contributed by atoms with Crippen molar-refractivity contribution >= 4 is 5.97 Å². The van der Waals surface area contributed by atoms with Crippen molar-refractivity contribution < 1.29 is 30.3 Å². The fourth-order valence-corrected chi connectivity index (χ4v) is 2.36. The minimum atomic E-state index is -2.94. The summed E-state index contributed by atoms with van der Waals surface area (Å²) in [6, 6.07) is 0. The Morgan fingerprint density at radius 2 is 1.32 bits per heavy atom. The first-order chi connectivity index (χ1) is 13.3. The number of carboxylic acid groups (broad SMARTS) is 1. The maximum absolute atomic E-state index is 10.3. The fraction of sp³-hybridized carbons (Fsp3) is 0.773. The number of allylic oxidation sites excluding steroid dienone is 4. The number of rotatable bonds is 16. The molecule has 0 fully saturated rings. The van der Waals surface area contributed by atoms with Gasteiger partial charge in [0.15, 0.2) is 0 Å². The van der Waals surface area contributed by atoms with Gasteiger partial charge < -0.3 is 25.5 Å². The average molecular weight is 403 g/mol. The van der Waals surface area contributed by atoms with Gasteiger partial charge in [0, 0.05) is 6.42 Å². The first kappa shape index (κ1) is 29.0. The van der Waals surface area contributed by atoms with Gasteiger partial charge in [-0.1, -0.05) is 70.3 Å². The van der Waals surface area contributed by atoms with E-state index in [2.05, 4.69) is 31.2 Å². The summed E-state index contributed by atoms with van der Waals surface area (Å²) in [6.07, 6.45) is 20.9. The van der Waals surface area contributed by atoms with E-state index in [1.807, 2.05) is 0 Å². The SMILES string of the molecule is CCC(O)C(O)(O)O.CCCCC/C=C\C/C=C\CCCCCCCC(=O)O. The molecule has 0 amide bonds. The third kappa shape index (κ3) is 24.8. The summed E-state index contributed by atoms with van der Waals surface area (Å²) in [7, 11) is 0. The van der Waals surface area contributed by atoms with Crippen LogP contribution in [-0.4, -0.2) is 43.6 Å². The molecule has 0 saturated carbocycles. The Morgan fingerprint density at radius 3 is 1.75 bits per heavy atom. The van der Waals surface area contributed by atoms with E-state index >= 15 is 0 Å². The molecule has 0 aromatic heterocycles. The largest absolute Gasteiger partial charge is 0.481 e. The normalized spacial score (nSPS) is 12.9. The highest BCUT2D eigenvalue weighted by Crippen LogP contribution is 2.08. The first-order valence-electron chi connectivity index (χ1n) is 10.6. The molecule has 6 nitrogen and oxygen atoms in total. The molecule has 0 aromatic rings. The zero-order chi connectivity index (χ0) is 21.7. The molecule has 0 heterocycles. The summed E-state index contributed by atoms with van der Waals surface area (Å²) in [5, 5.41) is 41.4. The van der Waals surface area contributed by atoms with Crippen molar-refractivity contribution in [1.82, 2.24) is 0 Å². The van der Waals surface area contributed by atoms with E-state index in [1.54, 1.807) is 0 Å². The highest BCUT2D eigenvalue weighted by molar-refractivity contribution is 5.66. The maximum atomic E-state index is 10.3. The zero-order valence-corrected chi connectivity index (χ0v) is 17.7. The van der Waals surface area contributed by atoms with Gasteiger partial charge in [0.1, 0.15) is 6.10 Å². The standard InChI is InChI=1S/C18H32O2.C4H10O4/c1-2-3-4-5-6-7-8-9-10-11-12-13-14-15-16-17-18(19)20;1-2-3(5)4(6,7)8/h6-7,9-10H,2-5,8,11-17H2,1H3,(H,19,20);3,5-8H,2H2,1H3/b7-6-,10-9-;. The third-order valence-corrected chi connectivity index (χ3v) is 4.18. The van der Waals surface area contributed by atoms with E-state index in [0.29, 0.717) is 6.42 Å². The molecular formula is C22H42O6. The summed E-state index contributed by atoms with van der Waals surface area (Å²) >= 11 is 0. The predicted molar refractivity (Wildman–Crippen MR) is 113 cm³/mol. The van der Waals surface area contributed by atoms with E-state index in [1.165, 1.54) is 51.9 Å². The Balaban J connectivity index is 0. The smallest absolute Gasteiger partial charge is 0.303 e. The number of unbranched alkanes of at least 4 members (excludes halogenated alkanes) is 8. The average Bonchev–Trinajstić information content (AvgIpc) is 2.63. The van der Waals surface area contributed by atoms with Crippen LogP contribution in [0.5, 0.6) is 0 Å². The lowest BCUT2D eigenvalue weighted by Gasteiger charge is -2.18. The number of aliphatic carboxylic acids is 1. The lowest BCUT2D eigenvalue weighted by molar-refractivity contribution is -0.354. The summed E-state index contributed by atoms with van der Waals surface area (Å²) in [5.74, 6) is -3.61. The van der Waals surface area contributed by atoms with Crippen molar-refractivity contribution in [3.8, 4) is 0 Å². The molecule has 0 aromatic carbocycles. The van der Waals surface area contributed by atoms with Crippen LogP contribution in [0.15, 0.2) is 24.3 Å². The number of aliphatic hydroxyl groups is 4. The van der Waals surface area contributed by atoms with E-state index in [0.717, 1.165) is 25.7 Å². The van der Waals surface area contributed by atoms with Gasteiger partial charge in [-0.2, -0.15) is 0 Å². The number of hydrogen-bond acceptors (Lipinski definition) is 5. The molecule has 1 unspecified atom stereocenters. The molecule has 0 radical (unpaired) electrons. The van der Waals surface area contributed by atoms with E-state index in [4.69, 9.17) is 25.5 Å². The minimum Gasteiger partial charge on any atom is -0.481 e. The molecule has 166 valence electrons. The second kappa shape index (κ2) is 20.5. The van der Waals surface area contributed by atoms with Gasteiger partial charge >= 0.3 is 11.9 Å². The Kier molecular flexibility index (Phi) is 21.3. The molecule has 0 aliphatic heterocycles. The van der Waals surface area contributed by atoms with Gasteiger partial charge in [-0.25, -0.2) is 0 Å². The van der Waals surface area contributed by atoms with E-state index in [9.17, 15) is 4.79 Å². The molecule has 0 spiro atoms. The summed E-state index contributed by atoms with van der Waals surface area (Å²) < 4.78 is 0. The number of carboxylic acids is 1. The molecule has 0 aliphatic carbocycles. The van der Waals surface area contributed by atoms with Crippen LogP contribution in [0.25, 0.3) is 0 Å². The Morgan fingerprint density at radius 1 is 0.821 bits per heavy atom. The van der Waals surface area contributed by atoms with Gasteiger partial charge in [-0.3, -0.25) is 4.79 Å². The molecule has 0 rings (SSSR count). The van der Waals surface area contributed by atoms with Crippen LogP contribution in [0.1, 0.15) is 97.3 Å². The van der Waals surface area contributed by atoms with Crippen molar-refractivity contribution in [2.75, 3.05) is 0 Å². The van der Waals surface area contributed by atoms with Crippen LogP contribution in [-0.2, 0) is 4.79 Å². The van der Waals surface area contributed by atoms with Crippen molar-refractivity contribution in [3.63, 3.8) is 0 Å². The van der Waals surface area contributed by atoms with Gasteiger partial charge in [-0.15, -0.1) is 0 Å². The zero-order valence-electron chi connectivity index (χ0n) is 17.7. The molecule has 0 aliphatic rings. The monoisotopic (exact) mass is 402 g/mol. The minimum absolute atomic E-state index is 0.101. The fourth-order valence-electron chi connectivity index (χ4n) is 2.36. The van der Waals surface area contributed by atoms with Crippen molar-refractivity contribution in [1.29, 1.82) is 0 Å². The summed E-state index contributed by atoms with van der Waals surface area (Å²) in [6.45, 7) is 3.75. The summed E-state index contributed by atoms with van der Waals surface area (Å²) in [4.78, 5) is 10.3. The Labute approximate surface area is 170 Å². The lowest BCUT2D eigenvalue weighted by Crippen LogP contribution is -2.41. The van der Waals surface area contributed by atoms with Crippen LogP contribution in [0.3, 0.4) is 0 Å². The highest BCUT2D eigenvalue weighted by Gasteiger charge is 2.27. The molecule has 5 N–H and O–H groups in total. The van der Waals surface area contributed by atoms with Crippen molar-refractivity contribution in [2.24, 2.45) is 0 Å². The van der Waals surface area contributed by atoms with Crippen LogP contribution in [0, 0.1) is 0 Å². The van der Waals surface area contributed by atoms with Crippen molar-refractivity contribution in [2.45, 2.75) is 109 Å². The van der Waals surface area contributed by atoms with Crippen molar-refractivity contribution in [3.05, 3.63) is 24.3 Å². The molecular weight excluding hydrogens is 360 g/mol. The number of carbonyl (C=O) groups is 1. The van der Waals surface area contributed by atoms with Crippen LogP contribution in [0.4, 0.5) is 0 Å². The number of aliphatic hydroxyl groups excluding tert-OH is 1. The first-order valence-corrected chi connectivity index (χ1v) is 10.6. The number of hydrogen-bond donors (Lipinski definition) is 5. The topological polar surface area (TPSA) is 118 Å². The molecule has 0 saturated heterocycles. The van der Waals surface area contributed by atoms with E-state index < -0.39 is 18.0 Å². The second-order valence-electron chi connectivity index (χ2n) is 6.99. The molecule has 0 bridgehead atoms. The maximum Gasteiger partial charge on any atom is 0.303 e. The highest BCUT2D eigenvalue weighted by atomic mass is 16.7.